The highest BCUT2D eigenvalue weighted by Gasteiger charge is 2.37. The molecule has 8 nitrogen and oxygen atoms in total. The smallest absolute Gasteiger partial charge is 0.311 e. The third kappa shape index (κ3) is 9.05. The highest BCUT2D eigenvalue weighted by molar-refractivity contribution is 6.74. The molecule has 10 heteroatoms. The van der Waals surface area contributed by atoms with Gasteiger partial charge in [0.2, 0.25) is 0 Å². The summed E-state index contributed by atoms with van der Waals surface area (Å²) in [4.78, 5) is 32.5. The summed E-state index contributed by atoms with van der Waals surface area (Å²) in [5.41, 5.74) is 3.60. The average Bonchev–Trinajstić information content (AvgIpc) is 3.36. The van der Waals surface area contributed by atoms with Gasteiger partial charge in [0.25, 0.3) is 5.91 Å². The molecule has 1 aromatic heterocycles. The average molecular weight is 718 g/mol. The number of hydrogen-bond acceptors (Lipinski definition) is 7. The number of nitrogens with zero attached hydrogens (tertiary/aromatic N) is 3. The lowest BCUT2D eigenvalue weighted by Gasteiger charge is -2.37. The molecule has 0 N–H and O–H groups in total. The van der Waals surface area contributed by atoms with Gasteiger partial charge in [-0.05, 0) is 85.1 Å². The number of carbonyl (C=O) groups excluding carboxylic acids is 2. The molecule has 0 spiro atoms. The first-order chi connectivity index (χ1) is 23.8. The van der Waals surface area contributed by atoms with Gasteiger partial charge < -0.3 is 18.8 Å². The molecule has 1 aliphatic heterocycles. The van der Waals surface area contributed by atoms with E-state index in [0.29, 0.717) is 34.1 Å². The van der Waals surface area contributed by atoms with Crippen LogP contribution in [0.1, 0.15) is 60.5 Å². The van der Waals surface area contributed by atoms with Crippen molar-refractivity contribution in [2.24, 2.45) is 0 Å². The number of aromatic nitrogens is 1. The Hall–Kier alpha value is -3.47. The van der Waals surface area contributed by atoms with Gasteiger partial charge in [0.1, 0.15) is 11.9 Å². The molecular formula is C40H52ClN3O5Si. The number of benzene rings is 3. The van der Waals surface area contributed by atoms with Crippen LogP contribution in [0.15, 0.2) is 72.8 Å². The molecule has 2 heterocycles. The van der Waals surface area contributed by atoms with Crippen molar-refractivity contribution in [3.05, 3.63) is 100 Å². The Morgan fingerprint density at radius 3 is 2.22 bits per heavy atom. The third-order valence-electron chi connectivity index (χ3n) is 10.4. The molecule has 0 amide bonds. The highest BCUT2D eigenvalue weighted by atomic mass is 35.5. The first-order valence-corrected chi connectivity index (χ1v) is 20.9. The van der Waals surface area contributed by atoms with Crippen molar-refractivity contribution >= 4 is 42.7 Å². The van der Waals surface area contributed by atoms with Crippen molar-refractivity contribution in [2.45, 2.75) is 64.8 Å². The van der Waals surface area contributed by atoms with Crippen molar-refractivity contribution in [2.75, 3.05) is 53.0 Å². The molecule has 1 aliphatic rings. The van der Waals surface area contributed by atoms with Gasteiger partial charge in [0.15, 0.2) is 8.32 Å². The van der Waals surface area contributed by atoms with Crippen molar-refractivity contribution in [3.8, 4) is 5.75 Å². The number of methoxy groups -OCH3 is 1. The van der Waals surface area contributed by atoms with Crippen molar-refractivity contribution in [1.82, 2.24) is 14.4 Å². The third-order valence-corrected chi connectivity index (χ3v) is 15.2. The lowest BCUT2D eigenvalue weighted by Crippen LogP contribution is -2.48. The van der Waals surface area contributed by atoms with Crippen LogP contribution in [0, 0.1) is 6.92 Å². The van der Waals surface area contributed by atoms with E-state index in [2.05, 4.69) is 43.7 Å². The van der Waals surface area contributed by atoms with E-state index in [1.807, 2.05) is 55.5 Å². The van der Waals surface area contributed by atoms with Crippen LogP contribution >= 0.6 is 11.6 Å². The summed E-state index contributed by atoms with van der Waals surface area (Å²) in [6.45, 7) is 19.5. The molecule has 0 radical (unpaired) electrons. The summed E-state index contributed by atoms with van der Waals surface area (Å²) >= 11 is 6.09. The highest BCUT2D eigenvalue weighted by Crippen LogP contribution is 2.36. The van der Waals surface area contributed by atoms with E-state index in [0.717, 1.165) is 62.3 Å². The van der Waals surface area contributed by atoms with Crippen molar-refractivity contribution in [3.63, 3.8) is 0 Å². The van der Waals surface area contributed by atoms with Crippen LogP contribution in [0.2, 0.25) is 23.2 Å². The van der Waals surface area contributed by atoms with Crippen molar-refractivity contribution < 1.29 is 23.5 Å². The van der Waals surface area contributed by atoms with Crippen LogP contribution in [0.25, 0.3) is 10.9 Å². The summed E-state index contributed by atoms with van der Waals surface area (Å²) in [6, 6.07) is 22.3. The number of rotatable bonds is 13. The van der Waals surface area contributed by atoms with Gasteiger partial charge in [-0.15, -0.1) is 0 Å². The Labute approximate surface area is 303 Å². The second-order valence-electron chi connectivity index (χ2n) is 14.8. The van der Waals surface area contributed by atoms with Gasteiger partial charge in [-0.1, -0.05) is 62.7 Å². The molecule has 5 rings (SSSR count). The molecular weight excluding hydrogens is 666 g/mol. The van der Waals surface area contributed by atoms with E-state index in [1.54, 1.807) is 35.9 Å². The van der Waals surface area contributed by atoms with Crippen LogP contribution < -0.4 is 4.74 Å². The van der Waals surface area contributed by atoms with Crippen LogP contribution in [0.4, 0.5) is 0 Å². The normalized spacial score (nSPS) is 15.3. The minimum atomic E-state index is -1.73. The molecule has 1 saturated heterocycles. The van der Waals surface area contributed by atoms with Crippen LogP contribution in [0.3, 0.4) is 0 Å². The number of ether oxygens (including phenoxy) is 2. The Bertz CT molecular complexity index is 1760. The van der Waals surface area contributed by atoms with Gasteiger partial charge in [-0.3, -0.25) is 19.1 Å². The molecule has 0 bridgehead atoms. The monoisotopic (exact) mass is 717 g/mol. The largest absolute Gasteiger partial charge is 0.497 e. The Kier molecular flexibility index (Phi) is 12.3. The summed E-state index contributed by atoms with van der Waals surface area (Å²) < 4.78 is 19.9. The van der Waals surface area contributed by atoms with Crippen molar-refractivity contribution in [1.29, 1.82) is 0 Å². The van der Waals surface area contributed by atoms with Gasteiger partial charge in [0.05, 0.1) is 19.0 Å². The van der Waals surface area contributed by atoms with Gasteiger partial charge >= 0.3 is 5.97 Å². The predicted octanol–water partition coefficient (Wildman–Crippen LogP) is 8.16. The summed E-state index contributed by atoms with van der Waals surface area (Å²) in [5.74, 6) is 0.106. The molecule has 0 aliphatic carbocycles. The molecule has 268 valence electrons. The molecule has 1 fully saturated rings. The van der Waals surface area contributed by atoms with E-state index in [-0.39, 0.29) is 23.3 Å². The Balaban J connectivity index is 1.26. The molecule has 0 saturated carbocycles. The molecule has 1 unspecified atom stereocenters. The lowest BCUT2D eigenvalue weighted by atomic mass is 10.1. The summed E-state index contributed by atoms with van der Waals surface area (Å²) in [6.07, 6.45) is 0.626. The van der Waals surface area contributed by atoms with Gasteiger partial charge in [-0.2, -0.15) is 0 Å². The Morgan fingerprint density at radius 2 is 1.58 bits per heavy atom. The fraction of sp³-hybridized carbons (Fsp3) is 0.450. The second-order valence-corrected chi connectivity index (χ2v) is 20.0. The summed E-state index contributed by atoms with van der Waals surface area (Å²) in [7, 11) is -0.123. The maximum Gasteiger partial charge on any atom is 0.311 e. The summed E-state index contributed by atoms with van der Waals surface area (Å²) in [5, 5.41) is 1.56. The fourth-order valence-corrected chi connectivity index (χ4v) is 7.49. The molecule has 4 aromatic rings. The fourth-order valence-electron chi connectivity index (χ4n) is 6.28. The number of hydrogen-bond donors (Lipinski definition) is 0. The van der Waals surface area contributed by atoms with E-state index in [9.17, 15) is 9.59 Å². The van der Waals surface area contributed by atoms with E-state index < -0.39 is 14.4 Å². The number of carbonyl (C=O) groups is 2. The Morgan fingerprint density at radius 1 is 0.920 bits per heavy atom. The van der Waals surface area contributed by atoms with Gasteiger partial charge in [-0.25, -0.2) is 0 Å². The van der Waals surface area contributed by atoms with Crippen LogP contribution in [-0.4, -0.2) is 87.5 Å². The van der Waals surface area contributed by atoms with E-state index in [4.69, 9.17) is 25.5 Å². The molecule has 50 heavy (non-hydrogen) atoms. The molecule has 3 aromatic carbocycles. The topological polar surface area (TPSA) is 73.2 Å². The maximum atomic E-state index is 13.8. The SMILES string of the molecule is COc1ccc2c(c1)c(CC(=O)OC(CN1CCN(CCCO[Si](C)(C)C(C)(C)C)CC1)c1ccccc1)c(C)n2C(=O)c1ccc(Cl)cc1. The number of esters is 1. The van der Waals surface area contributed by atoms with Crippen LogP contribution in [-0.2, 0) is 20.4 Å². The standard InChI is InChI=1S/C40H52ClN3O5Si/c1-29-34(35-26-33(47-5)18-19-36(35)44(29)39(46)31-14-16-32(41)17-15-31)27-38(45)49-37(30-12-9-8-10-13-30)28-43-23-21-42(22-24-43)20-11-25-48-50(6,7)40(2,3)4/h8-10,12-19,26,37H,11,20-25,27-28H2,1-7H3. The quantitative estimate of drug-likeness (QED) is 0.0785. The number of piperazine rings is 1. The van der Waals surface area contributed by atoms with Crippen LogP contribution in [0.5, 0.6) is 5.75 Å². The minimum absolute atomic E-state index is 0.0183. The zero-order valence-corrected chi connectivity index (χ0v) is 32.4. The molecule has 1 atom stereocenters. The minimum Gasteiger partial charge on any atom is -0.497 e. The second kappa shape index (κ2) is 16.3. The van der Waals surface area contributed by atoms with E-state index >= 15 is 0 Å². The van der Waals surface area contributed by atoms with E-state index in [1.165, 1.54) is 0 Å². The predicted molar refractivity (Wildman–Crippen MR) is 204 cm³/mol. The zero-order chi connectivity index (χ0) is 36.1. The first-order valence-electron chi connectivity index (χ1n) is 17.6. The van der Waals surface area contributed by atoms with Gasteiger partial charge in [0, 0.05) is 67.5 Å². The number of fused-ring (bicyclic) bond motifs is 1. The number of halogens is 1. The first kappa shape index (κ1) is 37.8. The zero-order valence-electron chi connectivity index (χ0n) is 30.6. The maximum absolute atomic E-state index is 13.8. The lowest BCUT2D eigenvalue weighted by molar-refractivity contribution is -0.149.